The molecule has 1 N–H and O–H groups in total. The van der Waals surface area contributed by atoms with Crippen LogP contribution in [-0.2, 0) is 0 Å². The van der Waals surface area contributed by atoms with Gasteiger partial charge in [0, 0.05) is 10.9 Å². The molecule has 0 spiro atoms. The summed E-state index contributed by atoms with van der Waals surface area (Å²) in [6, 6.07) is 6.16. The van der Waals surface area contributed by atoms with Crippen LogP contribution in [0.1, 0.15) is 21.8 Å². The Morgan fingerprint density at radius 1 is 1.46 bits per heavy atom. The lowest BCUT2D eigenvalue weighted by molar-refractivity contribution is -0.384. The summed E-state index contributed by atoms with van der Waals surface area (Å²) in [5.41, 5.74) is 0.763. The van der Waals surface area contributed by atoms with Gasteiger partial charge in [-0.05, 0) is 37.1 Å². The molecule has 0 amide bonds. The Balaban J connectivity index is 2.16. The molecule has 9 heteroatoms. The number of nitriles is 1. The third-order valence-corrected chi connectivity index (χ3v) is 5.31. The molecule has 2 heterocycles. The Morgan fingerprint density at radius 2 is 2.19 bits per heavy atom. The molecule has 0 atom stereocenters. The number of hydrogen-bond donors (Lipinski definition) is 1. The van der Waals surface area contributed by atoms with E-state index in [2.05, 4.69) is 9.97 Å². The average molecular weight is 387 g/mol. The van der Waals surface area contributed by atoms with Crippen molar-refractivity contribution in [1.82, 2.24) is 9.97 Å². The number of nitro groups is 1. The molecule has 130 valence electrons. The zero-order valence-electron chi connectivity index (χ0n) is 13.7. The Hall–Kier alpha value is -3.02. The number of fused-ring (bicyclic) bond motifs is 1. The van der Waals surface area contributed by atoms with Gasteiger partial charge in [0.15, 0.2) is 5.82 Å². The normalized spacial score (nSPS) is 11.5. The van der Waals surface area contributed by atoms with Crippen molar-refractivity contribution in [3.8, 4) is 6.07 Å². The van der Waals surface area contributed by atoms with E-state index in [-0.39, 0.29) is 27.7 Å². The van der Waals surface area contributed by atoms with Gasteiger partial charge in [-0.1, -0.05) is 17.7 Å². The number of nitrogens with one attached hydrogen (secondary N) is 1. The van der Waals surface area contributed by atoms with E-state index in [9.17, 15) is 20.2 Å². The number of aryl methyl sites for hydroxylation is 2. The summed E-state index contributed by atoms with van der Waals surface area (Å²) in [6.45, 7) is 3.74. The van der Waals surface area contributed by atoms with Crippen LogP contribution in [-0.4, -0.2) is 14.9 Å². The number of allylic oxidation sites excluding steroid dienone is 1. The first-order valence-corrected chi connectivity index (χ1v) is 8.57. The molecule has 0 aliphatic rings. The minimum Gasteiger partial charge on any atom is -0.305 e. The molecule has 7 nitrogen and oxygen atoms in total. The van der Waals surface area contributed by atoms with Crippen LogP contribution in [0.2, 0.25) is 5.02 Å². The number of aromatic amines is 1. The molecule has 0 radical (unpaired) electrons. The first-order chi connectivity index (χ1) is 12.3. The highest BCUT2D eigenvalue weighted by molar-refractivity contribution is 7.18. The van der Waals surface area contributed by atoms with Gasteiger partial charge in [0.25, 0.3) is 11.2 Å². The molecule has 3 aromatic rings. The molecule has 26 heavy (non-hydrogen) atoms. The van der Waals surface area contributed by atoms with Gasteiger partial charge in [-0.3, -0.25) is 14.9 Å². The SMILES string of the molecule is Cc1sc2nc(C(C#N)=Cc3ccc(Cl)c([N+](=O)[O-])c3)[nH]c(=O)c2c1C. The van der Waals surface area contributed by atoms with Gasteiger partial charge in [0.1, 0.15) is 15.9 Å². The van der Waals surface area contributed by atoms with Crippen molar-refractivity contribution in [2.75, 3.05) is 0 Å². The Labute approximate surface area is 156 Å². The van der Waals surface area contributed by atoms with E-state index in [1.807, 2.05) is 19.9 Å². The van der Waals surface area contributed by atoms with E-state index in [1.165, 1.54) is 29.5 Å². The van der Waals surface area contributed by atoms with Gasteiger partial charge in [-0.25, -0.2) is 4.98 Å². The van der Waals surface area contributed by atoms with Crippen LogP contribution in [0.15, 0.2) is 23.0 Å². The molecule has 0 saturated heterocycles. The maximum absolute atomic E-state index is 12.4. The highest BCUT2D eigenvalue weighted by Crippen LogP contribution is 2.28. The molecule has 0 unspecified atom stereocenters. The van der Waals surface area contributed by atoms with E-state index in [0.29, 0.717) is 15.8 Å². The monoisotopic (exact) mass is 386 g/mol. The first kappa shape index (κ1) is 17.8. The zero-order valence-corrected chi connectivity index (χ0v) is 15.2. The molecule has 0 saturated carbocycles. The van der Waals surface area contributed by atoms with Crippen LogP contribution in [0, 0.1) is 35.3 Å². The second-order valence-electron chi connectivity index (χ2n) is 5.52. The van der Waals surface area contributed by atoms with E-state index >= 15 is 0 Å². The van der Waals surface area contributed by atoms with Crippen LogP contribution in [0.3, 0.4) is 0 Å². The highest BCUT2D eigenvalue weighted by atomic mass is 35.5. The summed E-state index contributed by atoms with van der Waals surface area (Å²) in [4.78, 5) is 31.3. The maximum atomic E-state index is 12.4. The van der Waals surface area contributed by atoms with E-state index in [0.717, 1.165) is 10.4 Å². The van der Waals surface area contributed by atoms with Gasteiger partial charge in [-0.2, -0.15) is 5.26 Å². The number of H-pyrrole nitrogens is 1. The van der Waals surface area contributed by atoms with Crippen molar-refractivity contribution in [2.45, 2.75) is 13.8 Å². The molecule has 0 fully saturated rings. The highest BCUT2D eigenvalue weighted by Gasteiger charge is 2.15. The Kier molecular flexibility index (Phi) is 4.59. The minimum atomic E-state index is -0.602. The van der Waals surface area contributed by atoms with Gasteiger partial charge >= 0.3 is 0 Å². The van der Waals surface area contributed by atoms with Crippen molar-refractivity contribution in [2.24, 2.45) is 0 Å². The fourth-order valence-corrected chi connectivity index (χ4v) is 3.68. The molecule has 0 aliphatic heterocycles. The van der Waals surface area contributed by atoms with Crippen molar-refractivity contribution >= 4 is 50.5 Å². The fraction of sp³-hybridized carbons (Fsp3) is 0.118. The molecule has 3 rings (SSSR count). The lowest BCUT2D eigenvalue weighted by atomic mass is 10.1. The molecule has 0 aliphatic carbocycles. The molecule has 2 aromatic heterocycles. The predicted molar refractivity (Wildman–Crippen MR) is 101 cm³/mol. The minimum absolute atomic E-state index is 0.00291. The first-order valence-electron chi connectivity index (χ1n) is 7.38. The predicted octanol–water partition coefficient (Wildman–Crippen LogP) is 4.23. The second-order valence-corrected chi connectivity index (χ2v) is 7.13. The summed E-state index contributed by atoms with van der Waals surface area (Å²) in [5.74, 6) is 0.115. The summed E-state index contributed by atoms with van der Waals surface area (Å²) >= 11 is 7.17. The van der Waals surface area contributed by atoms with E-state index in [4.69, 9.17) is 11.6 Å². The molecular weight excluding hydrogens is 376 g/mol. The summed E-state index contributed by atoms with van der Waals surface area (Å²) in [6.07, 6.45) is 1.42. The number of hydrogen-bond acceptors (Lipinski definition) is 6. The number of thiophene rings is 1. The van der Waals surface area contributed by atoms with Crippen LogP contribution in [0.4, 0.5) is 5.69 Å². The van der Waals surface area contributed by atoms with Gasteiger partial charge in [0.05, 0.1) is 15.9 Å². The second kappa shape index (κ2) is 6.71. The quantitative estimate of drug-likeness (QED) is 0.411. The summed E-state index contributed by atoms with van der Waals surface area (Å²) < 4.78 is 0. The Bertz CT molecular complexity index is 1190. The number of halogens is 1. The van der Waals surface area contributed by atoms with E-state index < -0.39 is 4.92 Å². The standard InChI is InChI=1S/C17H11ClN4O3S/c1-8-9(2)26-17-14(8)16(23)20-15(21-17)11(7-19)5-10-3-4-12(18)13(6-10)22(24)25/h3-6H,1-2H3,(H,20,21,23). The number of nitro benzene ring substituents is 1. The third-order valence-electron chi connectivity index (χ3n) is 3.89. The molecule has 1 aromatic carbocycles. The Morgan fingerprint density at radius 3 is 2.85 bits per heavy atom. The molecular formula is C17H11ClN4O3S. The smallest absolute Gasteiger partial charge is 0.288 e. The van der Waals surface area contributed by atoms with Crippen molar-refractivity contribution in [3.63, 3.8) is 0 Å². The number of nitrogens with zero attached hydrogens (tertiary/aromatic N) is 3. The van der Waals surface area contributed by atoms with Crippen LogP contribution >= 0.6 is 22.9 Å². The summed E-state index contributed by atoms with van der Waals surface area (Å²) in [7, 11) is 0. The lowest BCUT2D eigenvalue weighted by Gasteiger charge is -2.01. The van der Waals surface area contributed by atoms with Crippen molar-refractivity contribution < 1.29 is 4.92 Å². The van der Waals surface area contributed by atoms with Crippen molar-refractivity contribution in [1.29, 1.82) is 5.26 Å². The maximum Gasteiger partial charge on any atom is 0.288 e. The largest absolute Gasteiger partial charge is 0.305 e. The average Bonchev–Trinajstić information content (AvgIpc) is 2.88. The third kappa shape index (κ3) is 3.10. The van der Waals surface area contributed by atoms with Crippen LogP contribution in [0.5, 0.6) is 0 Å². The van der Waals surface area contributed by atoms with Gasteiger partial charge < -0.3 is 4.98 Å². The van der Waals surface area contributed by atoms with Crippen molar-refractivity contribution in [3.05, 3.63) is 65.5 Å². The fourth-order valence-electron chi connectivity index (χ4n) is 2.46. The summed E-state index contributed by atoms with van der Waals surface area (Å²) in [5, 5.41) is 21.0. The number of aromatic nitrogens is 2. The van der Waals surface area contributed by atoms with Gasteiger partial charge in [0.2, 0.25) is 0 Å². The van der Waals surface area contributed by atoms with E-state index in [1.54, 1.807) is 6.07 Å². The number of rotatable bonds is 3. The van der Waals surface area contributed by atoms with Crippen LogP contribution < -0.4 is 5.56 Å². The zero-order chi connectivity index (χ0) is 19.0. The molecule has 0 bridgehead atoms. The van der Waals surface area contributed by atoms with Gasteiger partial charge in [-0.15, -0.1) is 11.3 Å². The number of benzene rings is 1. The lowest BCUT2D eigenvalue weighted by Crippen LogP contribution is -2.10. The topological polar surface area (TPSA) is 113 Å². The van der Waals surface area contributed by atoms with Crippen LogP contribution in [0.25, 0.3) is 21.9 Å².